The molecule has 0 aromatic heterocycles. The summed E-state index contributed by atoms with van der Waals surface area (Å²) in [4.78, 5) is 23.9. The van der Waals surface area contributed by atoms with Crippen LogP contribution in [0.15, 0.2) is 72.8 Å². The van der Waals surface area contributed by atoms with E-state index in [0.717, 1.165) is 11.1 Å². The highest BCUT2D eigenvalue weighted by Gasteiger charge is 2.10. The van der Waals surface area contributed by atoms with Gasteiger partial charge in [-0.2, -0.15) is 0 Å². The summed E-state index contributed by atoms with van der Waals surface area (Å²) in [5.74, 6) is -0.499. The Morgan fingerprint density at radius 2 is 1.39 bits per heavy atom. The molecular weight excluding hydrogens is 399 g/mol. The Hall–Kier alpha value is -3.02. The number of hydrogen-bond acceptors (Lipinski definition) is 3. The van der Waals surface area contributed by atoms with Crippen molar-refractivity contribution in [2.24, 2.45) is 0 Å². The highest BCUT2D eigenvalue weighted by molar-refractivity contribution is 6.35. The van der Waals surface area contributed by atoms with Crippen molar-refractivity contribution in [1.82, 2.24) is 10.9 Å². The molecule has 0 aliphatic rings. The van der Waals surface area contributed by atoms with Crippen molar-refractivity contribution in [3.8, 4) is 16.9 Å². The number of hydrogen-bond donors (Lipinski definition) is 2. The Morgan fingerprint density at radius 3 is 2.04 bits per heavy atom. The maximum absolute atomic E-state index is 12.0. The quantitative estimate of drug-likeness (QED) is 0.603. The fraction of sp³-hybridized carbons (Fsp3) is 0.0476. The Kier molecular flexibility index (Phi) is 6.53. The van der Waals surface area contributed by atoms with Crippen LogP contribution >= 0.6 is 23.2 Å². The van der Waals surface area contributed by atoms with Gasteiger partial charge in [-0.15, -0.1) is 0 Å². The number of benzene rings is 3. The van der Waals surface area contributed by atoms with E-state index in [1.54, 1.807) is 12.1 Å². The van der Waals surface area contributed by atoms with Gasteiger partial charge in [0.25, 0.3) is 11.8 Å². The first-order valence-electron chi connectivity index (χ1n) is 8.35. The van der Waals surface area contributed by atoms with Gasteiger partial charge >= 0.3 is 0 Å². The minimum absolute atomic E-state index is 0.232. The van der Waals surface area contributed by atoms with E-state index in [9.17, 15) is 9.59 Å². The van der Waals surface area contributed by atoms with Crippen molar-refractivity contribution in [3.05, 3.63) is 88.4 Å². The van der Waals surface area contributed by atoms with Crippen molar-refractivity contribution in [2.75, 3.05) is 6.61 Å². The highest BCUT2D eigenvalue weighted by atomic mass is 35.5. The zero-order valence-electron chi connectivity index (χ0n) is 14.6. The zero-order chi connectivity index (χ0) is 19.9. The second-order valence-electron chi connectivity index (χ2n) is 5.84. The topological polar surface area (TPSA) is 67.4 Å². The minimum Gasteiger partial charge on any atom is -0.484 e. The Bertz CT molecular complexity index is 956. The monoisotopic (exact) mass is 414 g/mol. The molecule has 0 radical (unpaired) electrons. The van der Waals surface area contributed by atoms with Crippen LogP contribution in [0.2, 0.25) is 10.0 Å². The molecule has 0 atom stereocenters. The third-order valence-corrected chi connectivity index (χ3v) is 4.21. The second kappa shape index (κ2) is 9.26. The van der Waals surface area contributed by atoms with Crippen LogP contribution in [0, 0.1) is 0 Å². The van der Waals surface area contributed by atoms with Crippen molar-refractivity contribution >= 4 is 35.0 Å². The van der Waals surface area contributed by atoms with Crippen molar-refractivity contribution < 1.29 is 14.3 Å². The van der Waals surface area contributed by atoms with Gasteiger partial charge in [0.05, 0.1) is 0 Å². The number of nitrogens with one attached hydrogen (secondary N) is 2. The molecule has 3 rings (SSSR count). The smallest absolute Gasteiger partial charge is 0.276 e. The summed E-state index contributed by atoms with van der Waals surface area (Å²) in [5.41, 5.74) is 6.93. The maximum Gasteiger partial charge on any atom is 0.276 e. The molecule has 0 saturated heterocycles. The molecule has 0 heterocycles. The van der Waals surface area contributed by atoms with E-state index in [4.69, 9.17) is 27.9 Å². The zero-order valence-corrected chi connectivity index (χ0v) is 16.1. The molecule has 7 heteroatoms. The molecule has 3 aromatic carbocycles. The maximum atomic E-state index is 12.0. The Balaban J connectivity index is 1.48. The first-order chi connectivity index (χ1) is 13.5. The third kappa shape index (κ3) is 5.49. The normalized spacial score (nSPS) is 10.2. The number of carbonyl (C=O) groups is 2. The van der Waals surface area contributed by atoms with Gasteiger partial charge in [-0.25, -0.2) is 0 Å². The molecule has 2 amide bonds. The van der Waals surface area contributed by atoms with Crippen LogP contribution in [0.5, 0.6) is 5.75 Å². The molecule has 0 aliphatic heterocycles. The van der Waals surface area contributed by atoms with Gasteiger partial charge in [-0.3, -0.25) is 20.4 Å². The van der Waals surface area contributed by atoms with Crippen LogP contribution in [-0.4, -0.2) is 18.4 Å². The molecule has 0 saturated carbocycles. The van der Waals surface area contributed by atoms with E-state index < -0.39 is 11.8 Å². The highest BCUT2D eigenvalue weighted by Crippen LogP contribution is 2.22. The fourth-order valence-electron chi connectivity index (χ4n) is 2.44. The molecule has 2 N–H and O–H groups in total. The van der Waals surface area contributed by atoms with E-state index in [2.05, 4.69) is 10.9 Å². The summed E-state index contributed by atoms with van der Waals surface area (Å²) in [6.07, 6.45) is 0. The summed E-state index contributed by atoms with van der Waals surface area (Å²) in [6.45, 7) is -0.249. The van der Waals surface area contributed by atoms with E-state index >= 15 is 0 Å². The number of rotatable bonds is 5. The Labute approximate surface area is 172 Å². The van der Waals surface area contributed by atoms with Crippen LogP contribution in [0.1, 0.15) is 10.4 Å². The minimum atomic E-state index is -0.537. The van der Waals surface area contributed by atoms with Crippen molar-refractivity contribution in [1.29, 1.82) is 0 Å². The summed E-state index contributed by atoms with van der Waals surface area (Å²) in [7, 11) is 0. The van der Waals surface area contributed by atoms with E-state index in [1.807, 2.05) is 42.5 Å². The van der Waals surface area contributed by atoms with Crippen molar-refractivity contribution in [2.45, 2.75) is 0 Å². The second-order valence-corrected chi connectivity index (χ2v) is 6.71. The lowest BCUT2D eigenvalue weighted by Gasteiger charge is -2.10. The summed E-state index contributed by atoms with van der Waals surface area (Å²) in [5, 5.41) is 0.650. The van der Waals surface area contributed by atoms with Crippen LogP contribution in [-0.2, 0) is 4.79 Å². The molecule has 0 unspecified atom stereocenters. The van der Waals surface area contributed by atoms with Gasteiger partial charge in [-0.05, 0) is 41.5 Å². The lowest BCUT2D eigenvalue weighted by molar-refractivity contribution is -0.123. The summed E-state index contributed by atoms with van der Waals surface area (Å²) in [6, 6.07) is 21.7. The summed E-state index contributed by atoms with van der Waals surface area (Å²) >= 11 is 11.7. The molecular formula is C21H16Cl2N2O3. The largest absolute Gasteiger partial charge is 0.484 e. The molecule has 0 fully saturated rings. The van der Waals surface area contributed by atoms with Crippen LogP contribution < -0.4 is 15.6 Å². The van der Waals surface area contributed by atoms with Gasteiger partial charge in [-0.1, -0.05) is 65.7 Å². The van der Waals surface area contributed by atoms with Gasteiger partial charge < -0.3 is 4.74 Å². The number of halogens is 2. The molecule has 0 spiro atoms. The lowest BCUT2D eigenvalue weighted by Crippen LogP contribution is -2.43. The molecule has 142 valence electrons. The molecule has 5 nitrogen and oxygen atoms in total. The Morgan fingerprint density at radius 1 is 0.786 bits per heavy atom. The predicted molar refractivity (Wildman–Crippen MR) is 109 cm³/mol. The predicted octanol–water partition coefficient (Wildman–Crippen LogP) is 4.50. The van der Waals surface area contributed by atoms with Crippen molar-refractivity contribution in [3.63, 3.8) is 0 Å². The van der Waals surface area contributed by atoms with E-state index in [-0.39, 0.29) is 12.2 Å². The van der Waals surface area contributed by atoms with Gasteiger partial charge in [0.2, 0.25) is 0 Å². The van der Waals surface area contributed by atoms with Gasteiger partial charge in [0.15, 0.2) is 6.61 Å². The molecule has 0 bridgehead atoms. The fourth-order valence-corrected chi connectivity index (χ4v) is 2.97. The van der Waals surface area contributed by atoms with Crippen LogP contribution in [0.3, 0.4) is 0 Å². The first kappa shape index (κ1) is 19.7. The molecule has 28 heavy (non-hydrogen) atoms. The number of hydrazine groups is 1. The number of ether oxygens (including phenoxy) is 1. The van der Waals surface area contributed by atoms with E-state index in [1.165, 1.54) is 18.2 Å². The third-order valence-electron chi connectivity index (χ3n) is 3.77. The van der Waals surface area contributed by atoms with Gasteiger partial charge in [0, 0.05) is 15.6 Å². The molecule has 0 aliphatic carbocycles. The first-order valence-corrected chi connectivity index (χ1v) is 9.10. The van der Waals surface area contributed by atoms with Gasteiger partial charge in [0.1, 0.15) is 5.75 Å². The molecule has 3 aromatic rings. The summed E-state index contributed by atoms with van der Waals surface area (Å²) < 4.78 is 5.43. The van der Waals surface area contributed by atoms with E-state index in [0.29, 0.717) is 15.8 Å². The average molecular weight is 415 g/mol. The standard InChI is InChI=1S/C21H16Cl2N2O3/c22-17-10-16(11-18(23)12-17)21(27)25-24-20(26)13-28-19-8-6-15(7-9-19)14-4-2-1-3-5-14/h1-12H,13H2,(H,24,26)(H,25,27). The number of carbonyl (C=O) groups excluding carboxylic acids is 2. The lowest BCUT2D eigenvalue weighted by atomic mass is 10.1. The number of amides is 2. The average Bonchev–Trinajstić information content (AvgIpc) is 2.71. The van der Waals surface area contributed by atoms with Crippen LogP contribution in [0.25, 0.3) is 11.1 Å². The SMILES string of the molecule is O=C(COc1ccc(-c2ccccc2)cc1)NNC(=O)c1cc(Cl)cc(Cl)c1. The van der Waals surface area contributed by atoms with Crippen LogP contribution in [0.4, 0.5) is 0 Å².